The maximum atomic E-state index is 10.4. The number of aliphatic carboxylic acids is 1. The van der Waals surface area contributed by atoms with Crippen LogP contribution in [-0.4, -0.2) is 5.97 Å². The van der Waals surface area contributed by atoms with Crippen molar-refractivity contribution in [2.75, 3.05) is 0 Å². The topological polar surface area (TPSA) is 40.1 Å². The molecule has 0 N–H and O–H groups in total. The van der Waals surface area contributed by atoms with E-state index in [2.05, 4.69) is 0 Å². The van der Waals surface area contributed by atoms with E-state index in [0.29, 0.717) is 0 Å². The Balaban J connectivity index is 0.00000112. The van der Waals surface area contributed by atoms with Crippen LogP contribution in [0.2, 0.25) is 0 Å². The molecule has 0 heterocycles. The predicted molar refractivity (Wildman–Crippen MR) is 52.7 cm³/mol. The van der Waals surface area contributed by atoms with E-state index in [9.17, 15) is 9.90 Å². The molecule has 0 aliphatic carbocycles. The first-order valence-electron chi connectivity index (χ1n) is 4.43. The summed E-state index contributed by atoms with van der Waals surface area (Å²) in [5, 5.41) is 12.6. The molecule has 2 aromatic carbocycles. The molecule has 0 aliphatic rings. The summed E-state index contributed by atoms with van der Waals surface area (Å²) in [6, 6.07) is 13.5. The molecule has 0 radical (unpaired) electrons. The summed E-state index contributed by atoms with van der Waals surface area (Å²) in [7, 11) is 0. The van der Waals surface area contributed by atoms with Crippen molar-refractivity contribution < 1.29 is 68.1 Å². The fourth-order valence-electron chi connectivity index (χ4n) is 1.52. The SMILES string of the molecule is O=C([O-])Cc1ccc2ccccc2c1.[Rb+]. The first-order valence-corrected chi connectivity index (χ1v) is 4.43. The van der Waals surface area contributed by atoms with Gasteiger partial charge >= 0.3 is 58.2 Å². The second-order valence-corrected chi connectivity index (χ2v) is 3.23. The third-order valence-corrected chi connectivity index (χ3v) is 2.16. The van der Waals surface area contributed by atoms with Crippen LogP contribution in [0.25, 0.3) is 10.8 Å². The van der Waals surface area contributed by atoms with Gasteiger partial charge in [-0.1, -0.05) is 42.5 Å². The minimum atomic E-state index is -1.04. The monoisotopic (exact) mass is 270 g/mol. The van der Waals surface area contributed by atoms with Crippen LogP contribution in [0.1, 0.15) is 5.56 Å². The van der Waals surface area contributed by atoms with Crippen molar-refractivity contribution in [3.8, 4) is 0 Å². The molecule has 2 rings (SSSR count). The molecule has 0 fully saturated rings. The maximum Gasteiger partial charge on any atom is 1.00 e. The van der Waals surface area contributed by atoms with Crippen molar-refractivity contribution in [1.29, 1.82) is 0 Å². The maximum absolute atomic E-state index is 10.4. The van der Waals surface area contributed by atoms with E-state index in [1.807, 2.05) is 42.5 Å². The Morgan fingerprint density at radius 1 is 1.07 bits per heavy atom. The molecule has 0 saturated heterocycles. The van der Waals surface area contributed by atoms with Crippen LogP contribution in [0.5, 0.6) is 0 Å². The predicted octanol–water partition coefficient (Wildman–Crippen LogP) is -1.86. The standard InChI is InChI=1S/C12H10O2.Rb/c13-12(14)8-9-5-6-10-3-1-2-4-11(10)7-9;/h1-7H,8H2,(H,13,14);/q;+1/p-1. The average molecular weight is 271 g/mol. The third kappa shape index (κ3) is 3.49. The second kappa shape index (κ2) is 5.90. The van der Waals surface area contributed by atoms with Gasteiger partial charge in [0.15, 0.2) is 0 Å². The largest absolute Gasteiger partial charge is 1.00 e. The Kier molecular flexibility index (Phi) is 5.13. The van der Waals surface area contributed by atoms with Crippen molar-refractivity contribution in [1.82, 2.24) is 0 Å². The molecule has 2 aromatic rings. The Hall–Kier alpha value is -0.0248. The van der Waals surface area contributed by atoms with E-state index in [1.165, 1.54) is 0 Å². The number of hydrogen-bond acceptors (Lipinski definition) is 2. The van der Waals surface area contributed by atoms with E-state index >= 15 is 0 Å². The number of carboxylic acid groups (broad SMARTS) is 1. The molecule has 0 atom stereocenters. The number of carbonyl (C=O) groups excluding carboxylic acids is 1. The van der Waals surface area contributed by atoms with Gasteiger partial charge in [-0.15, -0.1) is 0 Å². The minimum Gasteiger partial charge on any atom is -0.550 e. The molecule has 0 aliphatic heterocycles. The van der Waals surface area contributed by atoms with Crippen molar-refractivity contribution in [2.45, 2.75) is 6.42 Å². The van der Waals surface area contributed by atoms with Gasteiger partial charge in [-0.3, -0.25) is 0 Å². The zero-order valence-corrected chi connectivity index (χ0v) is 13.5. The van der Waals surface area contributed by atoms with Crippen LogP contribution in [0.3, 0.4) is 0 Å². The van der Waals surface area contributed by atoms with Crippen LogP contribution < -0.4 is 63.3 Å². The number of hydrogen-bond donors (Lipinski definition) is 0. The van der Waals surface area contributed by atoms with Crippen molar-refractivity contribution in [3.05, 3.63) is 48.0 Å². The van der Waals surface area contributed by atoms with Gasteiger partial charge in [-0.25, -0.2) is 0 Å². The first kappa shape index (κ1) is 13.0. The first-order chi connectivity index (χ1) is 6.75. The summed E-state index contributed by atoms with van der Waals surface area (Å²) in [5.74, 6) is -1.04. The van der Waals surface area contributed by atoms with Gasteiger partial charge < -0.3 is 9.90 Å². The molecule has 0 saturated carbocycles. The van der Waals surface area contributed by atoms with Crippen LogP contribution >= 0.6 is 0 Å². The number of benzene rings is 2. The number of carboxylic acids is 1. The van der Waals surface area contributed by atoms with Crippen LogP contribution in [0.4, 0.5) is 0 Å². The minimum absolute atomic E-state index is 0. The quantitative estimate of drug-likeness (QED) is 0.642. The molecule has 0 aromatic heterocycles. The van der Waals surface area contributed by atoms with Gasteiger partial charge in [0.25, 0.3) is 0 Å². The van der Waals surface area contributed by atoms with Crippen LogP contribution in [-0.2, 0) is 11.2 Å². The fraction of sp³-hybridized carbons (Fsp3) is 0.0833. The molecule has 3 heteroatoms. The summed E-state index contributed by atoms with van der Waals surface area (Å²) in [4.78, 5) is 10.4. The smallest absolute Gasteiger partial charge is 0.550 e. The zero-order valence-electron chi connectivity index (χ0n) is 8.57. The van der Waals surface area contributed by atoms with Crippen molar-refractivity contribution >= 4 is 16.7 Å². The summed E-state index contributed by atoms with van der Waals surface area (Å²) in [6.45, 7) is 0. The number of carbonyl (C=O) groups is 1. The van der Waals surface area contributed by atoms with E-state index in [0.717, 1.165) is 16.3 Å². The summed E-state index contributed by atoms with van der Waals surface area (Å²) in [5.41, 5.74) is 0.781. The van der Waals surface area contributed by atoms with Gasteiger partial charge in [-0.2, -0.15) is 0 Å². The Morgan fingerprint density at radius 3 is 2.40 bits per heavy atom. The summed E-state index contributed by atoms with van der Waals surface area (Å²) >= 11 is 0. The van der Waals surface area contributed by atoms with Crippen LogP contribution in [0, 0.1) is 0 Å². The summed E-state index contributed by atoms with van der Waals surface area (Å²) < 4.78 is 0. The zero-order chi connectivity index (χ0) is 9.97. The van der Waals surface area contributed by atoms with E-state index in [4.69, 9.17) is 0 Å². The molecular formula is C12H9O2Rb. The Morgan fingerprint density at radius 2 is 1.73 bits per heavy atom. The third-order valence-electron chi connectivity index (χ3n) is 2.16. The average Bonchev–Trinajstić information content (AvgIpc) is 2.17. The fourth-order valence-corrected chi connectivity index (χ4v) is 1.52. The van der Waals surface area contributed by atoms with Gasteiger partial charge in [0, 0.05) is 12.4 Å². The molecule has 0 bridgehead atoms. The van der Waals surface area contributed by atoms with Crippen molar-refractivity contribution in [3.63, 3.8) is 0 Å². The number of rotatable bonds is 2. The molecule has 0 spiro atoms. The second-order valence-electron chi connectivity index (χ2n) is 3.23. The molecule has 2 nitrogen and oxygen atoms in total. The van der Waals surface area contributed by atoms with E-state index in [1.54, 1.807) is 0 Å². The van der Waals surface area contributed by atoms with Gasteiger partial charge in [0.2, 0.25) is 0 Å². The molecular weight excluding hydrogens is 262 g/mol. The van der Waals surface area contributed by atoms with Gasteiger partial charge in [0.05, 0.1) is 0 Å². The molecule has 0 unspecified atom stereocenters. The van der Waals surface area contributed by atoms with Crippen molar-refractivity contribution in [2.24, 2.45) is 0 Å². The summed E-state index contributed by atoms with van der Waals surface area (Å²) in [6.07, 6.45) is -0.0230. The Labute approximate surface area is 137 Å². The van der Waals surface area contributed by atoms with Gasteiger partial charge in [0.1, 0.15) is 0 Å². The normalized spacial score (nSPS) is 9.60. The Bertz CT molecular complexity index is 480. The molecule has 0 amide bonds. The van der Waals surface area contributed by atoms with E-state index in [-0.39, 0.29) is 64.6 Å². The van der Waals surface area contributed by atoms with Crippen LogP contribution in [0.15, 0.2) is 42.5 Å². The van der Waals surface area contributed by atoms with Gasteiger partial charge in [-0.05, 0) is 16.3 Å². The molecule has 70 valence electrons. The van der Waals surface area contributed by atoms with E-state index < -0.39 is 5.97 Å². The number of fused-ring (bicyclic) bond motifs is 1. The molecule has 15 heavy (non-hydrogen) atoms.